The molecule has 0 unspecified atom stereocenters. The number of fused-ring (bicyclic) bond motifs is 1. The number of pyridine rings is 1. The summed E-state index contributed by atoms with van der Waals surface area (Å²) in [7, 11) is 0. The second-order valence-electron chi connectivity index (χ2n) is 6.13. The number of hydrogen-bond donors (Lipinski definition) is 1. The average molecular weight is 440 g/mol. The summed E-state index contributed by atoms with van der Waals surface area (Å²) in [6.07, 6.45) is -6.99. The van der Waals surface area contributed by atoms with Gasteiger partial charge in [-0.3, -0.25) is 4.98 Å². The molecule has 4 aromatic rings. The zero-order valence-corrected chi connectivity index (χ0v) is 15.1. The molecular weight excluding hydrogens is 430 g/mol. The maximum Gasteiger partial charge on any atom is 0.573 e. The molecule has 0 bridgehead atoms. The minimum Gasteiger partial charge on any atom is -0.406 e. The smallest absolute Gasteiger partial charge is 0.406 e. The number of rotatable bonds is 4. The van der Waals surface area contributed by atoms with Crippen LogP contribution in [-0.2, 0) is 6.18 Å². The van der Waals surface area contributed by atoms with Crippen LogP contribution in [0.3, 0.4) is 0 Å². The molecule has 0 aliphatic carbocycles. The monoisotopic (exact) mass is 440 g/mol. The van der Waals surface area contributed by atoms with Crippen LogP contribution in [-0.4, -0.2) is 31.2 Å². The van der Waals surface area contributed by atoms with Crippen LogP contribution in [0.4, 0.5) is 38.0 Å². The van der Waals surface area contributed by atoms with Crippen molar-refractivity contribution in [1.82, 2.24) is 24.8 Å². The van der Waals surface area contributed by atoms with Gasteiger partial charge in [-0.1, -0.05) is 0 Å². The van der Waals surface area contributed by atoms with Crippen LogP contribution in [0, 0.1) is 0 Å². The molecule has 0 fully saturated rings. The lowest BCUT2D eigenvalue weighted by Crippen LogP contribution is -2.17. The van der Waals surface area contributed by atoms with Crippen molar-refractivity contribution < 1.29 is 31.1 Å². The van der Waals surface area contributed by atoms with Crippen molar-refractivity contribution in [3.63, 3.8) is 0 Å². The van der Waals surface area contributed by atoms with E-state index in [1.165, 1.54) is 41.2 Å². The van der Waals surface area contributed by atoms with Crippen molar-refractivity contribution in [3.8, 4) is 17.0 Å². The van der Waals surface area contributed by atoms with Crippen molar-refractivity contribution >= 4 is 17.3 Å². The van der Waals surface area contributed by atoms with Gasteiger partial charge in [0.2, 0.25) is 5.95 Å². The van der Waals surface area contributed by atoms with Crippen LogP contribution >= 0.6 is 0 Å². The van der Waals surface area contributed by atoms with E-state index in [-0.39, 0.29) is 22.9 Å². The SMILES string of the molecule is FC(F)(F)Oc1ccc(Nc2nnc3cc(-c4ncccc4C(F)(F)F)cnn23)cc1. The van der Waals surface area contributed by atoms with Gasteiger partial charge < -0.3 is 10.1 Å². The number of ether oxygens (including phenoxy) is 1. The second-order valence-corrected chi connectivity index (χ2v) is 6.13. The normalized spacial score (nSPS) is 12.2. The average Bonchev–Trinajstić information content (AvgIpc) is 3.10. The topological polar surface area (TPSA) is 77.2 Å². The largest absolute Gasteiger partial charge is 0.573 e. The predicted molar refractivity (Wildman–Crippen MR) is 95.4 cm³/mol. The summed E-state index contributed by atoms with van der Waals surface area (Å²) in [5.74, 6) is -0.300. The van der Waals surface area contributed by atoms with Gasteiger partial charge in [-0.05, 0) is 42.5 Å². The molecule has 0 aliphatic heterocycles. The molecular formula is C18H10F6N6O. The number of alkyl halides is 6. The molecule has 160 valence electrons. The first kappa shape index (κ1) is 20.4. The van der Waals surface area contributed by atoms with Crippen molar-refractivity contribution in [1.29, 1.82) is 0 Å². The highest BCUT2D eigenvalue weighted by molar-refractivity contribution is 5.67. The number of nitrogens with zero attached hydrogens (tertiary/aromatic N) is 5. The van der Waals surface area contributed by atoms with Gasteiger partial charge in [-0.2, -0.15) is 22.8 Å². The molecule has 0 spiro atoms. The molecule has 31 heavy (non-hydrogen) atoms. The second kappa shape index (κ2) is 7.41. The summed E-state index contributed by atoms with van der Waals surface area (Å²) in [6.45, 7) is 0. The van der Waals surface area contributed by atoms with Crippen molar-refractivity contribution in [2.75, 3.05) is 5.32 Å². The van der Waals surface area contributed by atoms with E-state index in [1.807, 2.05) is 0 Å². The Balaban J connectivity index is 1.61. The van der Waals surface area contributed by atoms with Gasteiger partial charge in [-0.25, -0.2) is 0 Å². The van der Waals surface area contributed by atoms with E-state index in [1.54, 1.807) is 0 Å². The Morgan fingerprint density at radius 1 is 0.935 bits per heavy atom. The minimum atomic E-state index is -4.81. The maximum atomic E-state index is 13.2. The molecule has 4 rings (SSSR count). The van der Waals surface area contributed by atoms with Gasteiger partial charge in [0.25, 0.3) is 0 Å². The van der Waals surface area contributed by atoms with E-state index in [2.05, 4.69) is 30.3 Å². The number of nitrogens with one attached hydrogen (secondary N) is 1. The van der Waals surface area contributed by atoms with Gasteiger partial charge in [0.1, 0.15) is 5.75 Å². The van der Waals surface area contributed by atoms with Gasteiger partial charge in [0, 0.05) is 17.4 Å². The Hall–Kier alpha value is -3.90. The van der Waals surface area contributed by atoms with Crippen LogP contribution in [0.25, 0.3) is 16.9 Å². The fraction of sp³-hybridized carbons (Fsp3) is 0.111. The molecule has 0 saturated heterocycles. The lowest BCUT2D eigenvalue weighted by atomic mass is 10.1. The predicted octanol–water partition coefficient (Wildman–Crippen LogP) is 4.85. The Labute approximate surface area is 169 Å². The van der Waals surface area contributed by atoms with Crippen LogP contribution in [0.5, 0.6) is 5.75 Å². The fourth-order valence-electron chi connectivity index (χ4n) is 2.73. The minimum absolute atomic E-state index is 0.0908. The number of halogens is 6. The molecule has 0 radical (unpaired) electrons. The highest BCUT2D eigenvalue weighted by atomic mass is 19.4. The summed E-state index contributed by atoms with van der Waals surface area (Å²) in [6, 6.07) is 8.27. The Bertz CT molecular complexity index is 1220. The zero-order valence-electron chi connectivity index (χ0n) is 15.1. The summed E-state index contributed by atoms with van der Waals surface area (Å²) in [5, 5.41) is 14.6. The van der Waals surface area contributed by atoms with Gasteiger partial charge in [-0.15, -0.1) is 23.4 Å². The molecule has 0 saturated carbocycles. The quantitative estimate of drug-likeness (QED) is 0.458. The highest BCUT2D eigenvalue weighted by Gasteiger charge is 2.34. The summed E-state index contributed by atoms with van der Waals surface area (Å²) < 4.78 is 81.4. The lowest BCUT2D eigenvalue weighted by Gasteiger charge is -2.11. The number of anilines is 2. The van der Waals surface area contributed by atoms with Crippen LogP contribution < -0.4 is 10.1 Å². The van der Waals surface area contributed by atoms with Crippen LogP contribution in [0.1, 0.15) is 5.56 Å². The third-order valence-corrected chi connectivity index (χ3v) is 3.99. The molecule has 0 amide bonds. The molecule has 7 nitrogen and oxygen atoms in total. The summed E-state index contributed by atoms with van der Waals surface area (Å²) in [4.78, 5) is 3.81. The van der Waals surface area contributed by atoms with Crippen LogP contribution in [0.2, 0.25) is 0 Å². The van der Waals surface area contributed by atoms with Crippen molar-refractivity contribution in [3.05, 3.63) is 60.4 Å². The van der Waals surface area contributed by atoms with Gasteiger partial charge in [0.15, 0.2) is 5.65 Å². The first-order valence-electron chi connectivity index (χ1n) is 8.47. The van der Waals surface area contributed by atoms with E-state index < -0.39 is 23.9 Å². The van der Waals surface area contributed by atoms with E-state index >= 15 is 0 Å². The third kappa shape index (κ3) is 4.49. The molecule has 0 aliphatic rings. The molecule has 3 aromatic heterocycles. The summed E-state index contributed by atoms with van der Waals surface area (Å²) in [5.41, 5.74) is -0.634. The van der Waals surface area contributed by atoms with E-state index in [9.17, 15) is 26.3 Å². The van der Waals surface area contributed by atoms with E-state index in [0.29, 0.717) is 5.69 Å². The Kier molecular flexibility index (Phi) is 4.87. The Morgan fingerprint density at radius 2 is 1.68 bits per heavy atom. The molecule has 3 heterocycles. The van der Waals surface area contributed by atoms with Crippen molar-refractivity contribution in [2.45, 2.75) is 12.5 Å². The van der Waals surface area contributed by atoms with E-state index in [4.69, 9.17) is 0 Å². The first-order valence-corrected chi connectivity index (χ1v) is 8.47. The standard InChI is InChI=1S/C18H10F6N6O/c19-17(20,21)13-2-1-7-25-15(13)10-8-14-28-29-16(30(14)26-9-10)27-11-3-5-12(6-4-11)31-18(22,23)24/h1-9H,(H,27,29). The molecule has 1 N–H and O–H groups in total. The fourth-order valence-corrected chi connectivity index (χ4v) is 2.73. The third-order valence-electron chi connectivity index (χ3n) is 3.99. The van der Waals surface area contributed by atoms with Gasteiger partial charge >= 0.3 is 12.5 Å². The van der Waals surface area contributed by atoms with E-state index in [0.717, 1.165) is 18.2 Å². The van der Waals surface area contributed by atoms with Crippen molar-refractivity contribution in [2.24, 2.45) is 0 Å². The lowest BCUT2D eigenvalue weighted by molar-refractivity contribution is -0.274. The number of aromatic nitrogens is 5. The van der Waals surface area contributed by atoms with Crippen LogP contribution in [0.15, 0.2) is 54.9 Å². The molecule has 1 aromatic carbocycles. The Morgan fingerprint density at radius 3 is 2.35 bits per heavy atom. The molecule has 13 heteroatoms. The highest BCUT2D eigenvalue weighted by Crippen LogP contribution is 2.35. The number of hydrogen-bond acceptors (Lipinski definition) is 6. The maximum absolute atomic E-state index is 13.2. The molecule has 0 atom stereocenters. The zero-order chi connectivity index (χ0) is 22.2. The first-order chi connectivity index (χ1) is 14.6. The number of benzene rings is 1. The van der Waals surface area contributed by atoms with Gasteiger partial charge in [0.05, 0.1) is 17.5 Å². The summed E-state index contributed by atoms with van der Waals surface area (Å²) >= 11 is 0.